The number of hydrogen-bond acceptors (Lipinski definition) is 3. The molecule has 1 aromatic heterocycles. The molecule has 0 bridgehead atoms. The number of fused-ring (bicyclic) bond motifs is 1. The van der Waals surface area contributed by atoms with E-state index >= 15 is 0 Å². The first-order chi connectivity index (χ1) is 10.1. The summed E-state index contributed by atoms with van der Waals surface area (Å²) < 4.78 is 8.76. The summed E-state index contributed by atoms with van der Waals surface area (Å²) in [5, 5.41) is 0. The number of aromatic nitrogens is 2. The van der Waals surface area contributed by atoms with Gasteiger partial charge in [-0.25, -0.2) is 4.98 Å². The van der Waals surface area contributed by atoms with Crippen molar-refractivity contribution < 1.29 is 4.74 Å². The van der Waals surface area contributed by atoms with Crippen LogP contribution in [-0.2, 0) is 0 Å². The highest BCUT2D eigenvalue weighted by atomic mass is 79.9. The molecular formula is C16H16BrN3O. The molecule has 0 atom stereocenters. The third kappa shape index (κ3) is 2.61. The predicted molar refractivity (Wildman–Crippen MR) is 88.9 cm³/mol. The van der Waals surface area contributed by atoms with E-state index in [0.29, 0.717) is 5.95 Å². The minimum atomic E-state index is 0.0923. The summed E-state index contributed by atoms with van der Waals surface area (Å²) >= 11 is 3.44. The van der Waals surface area contributed by atoms with Gasteiger partial charge in [0, 0.05) is 10.2 Å². The Labute approximate surface area is 131 Å². The molecule has 0 saturated heterocycles. The Morgan fingerprint density at radius 1 is 1.14 bits per heavy atom. The Bertz CT molecular complexity index is 778. The summed E-state index contributed by atoms with van der Waals surface area (Å²) in [4.78, 5) is 4.47. The van der Waals surface area contributed by atoms with Crippen LogP contribution in [0.2, 0.25) is 0 Å². The molecule has 2 N–H and O–H groups in total. The summed E-state index contributed by atoms with van der Waals surface area (Å²) in [5.74, 6) is 1.21. The van der Waals surface area contributed by atoms with Crippen LogP contribution >= 0.6 is 15.9 Å². The predicted octanol–water partition coefficient (Wildman–Crippen LogP) is 4.16. The fraction of sp³-hybridized carbons (Fsp3) is 0.188. The number of nitrogens with zero attached hydrogens (tertiary/aromatic N) is 2. The molecule has 3 aromatic rings. The van der Waals surface area contributed by atoms with Crippen molar-refractivity contribution in [2.75, 3.05) is 5.73 Å². The van der Waals surface area contributed by atoms with Crippen molar-refractivity contribution in [2.45, 2.75) is 20.0 Å². The van der Waals surface area contributed by atoms with Gasteiger partial charge in [-0.3, -0.25) is 4.57 Å². The summed E-state index contributed by atoms with van der Waals surface area (Å²) in [5.41, 5.74) is 8.80. The fourth-order valence-electron chi connectivity index (χ4n) is 2.30. The number of nitrogens with two attached hydrogens (primary N) is 1. The minimum Gasteiger partial charge on any atom is -0.489 e. The molecule has 3 rings (SSSR count). The van der Waals surface area contributed by atoms with E-state index in [4.69, 9.17) is 10.5 Å². The van der Waals surface area contributed by atoms with Crippen molar-refractivity contribution in [3.05, 3.63) is 46.9 Å². The molecule has 0 spiro atoms. The van der Waals surface area contributed by atoms with Crippen LogP contribution in [0.3, 0.4) is 0 Å². The number of hydrogen-bond donors (Lipinski definition) is 1. The Hall–Kier alpha value is -2.01. The molecule has 0 radical (unpaired) electrons. The Morgan fingerprint density at radius 3 is 2.52 bits per heavy atom. The van der Waals surface area contributed by atoms with E-state index in [9.17, 15) is 0 Å². The summed E-state index contributed by atoms with van der Waals surface area (Å²) in [7, 11) is 0. The molecule has 0 fully saturated rings. The van der Waals surface area contributed by atoms with Crippen molar-refractivity contribution in [1.82, 2.24) is 9.55 Å². The molecule has 0 saturated carbocycles. The highest BCUT2D eigenvalue weighted by molar-refractivity contribution is 9.10. The normalized spacial score (nSPS) is 11.2. The van der Waals surface area contributed by atoms with Crippen molar-refractivity contribution in [2.24, 2.45) is 0 Å². The van der Waals surface area contributed by atoms with Gasteiger partial charge in [0.1, 0.15) is 11.3 Å². The molecule has 0 unspecified atom stereocenters. The van der Waals surface area contributed by atoms with Gasteiger partial charge >= 0.3 is 0 Å². The van der Waals surface area contributed by atoms with E-state index < -0.39 is 0 Å². The van der Waals surface area contributed by atoms with Gasteiger partial charge in [0.25, 0.3) is 0 Å². The van der Waals surface area contributed by atoms with E-state index in [0.717, 1.165) is 26.9 Å². The van der Waals surface area contributed by atoms with Gasteiger partial charge in [-0.15, -0.1) is 0 Å². The van der Waals surface area contributed by atoms with E-state index in [1.54, 1.807) is 0 Å². The van der Waals surface area contributed by atoms with Crippen LogP contribution in [0.5, 0.6) is 5.75 Å². The van der Waals surface area contributed by atoms with Crippen molar-refractivity contribution >= 4 is 32.9 Å². The zero-order valence-electron chi connectivity index (χ0n) is 11.9. The van der Waals surface area contributed by atoms with Crippen molar-refractivity contribution in [3.8, 4) is 11.4 Å². The van der Waals surface area contributed by atoms with Crippen molar-refractivity contribution in [3.63, 3.8) is 0 Å². The monoisotopic (exact) mass is 345 g/mol. The Morgan fingerprint density at radius 2 is 1.86 bits per heavy atom. The van der Waals surface area contributed by atoms with E-state index in [2.05, 4.69) is 20.9 Å². The maximum absolute atomic E-state index is 6.11. The van der Waals surface area contributed by atoms with Crippen LogP contribution < -0.4 is 10.5 Å². The van der Waals surface area contributed by atoms with Gasteiger partial charge in [-0.05, 0) is 50.2 Å². The first kappa shape index (κ1) is 13.9. The zero-order chi connectivity index (χ0) is 15.0. The average Bonchev–Trinajstić information content (AvgIpc) is 2.77. The molecule has 108 valence electrons. The largest absolute Gasteiger partial charge is 0.489 e. The van der Waals surface area contributed by atoms with E-state index in [-0.39, 0.29) is 6.10 Å². The lowest BCUT2D eigenvalue weighted by atomic mass is 10.2. The molecule has 0 aliphatic heterocycles. The third-order valence-corrected chi connectivity index (χ3v) is 3.65. The van der Waals surface area contributed by atoms with Gasteiger partial charge in [0.2, 0.25) is 5.95 Å². The highest BCUT2D eigenvalue weighted by Gasteiger charge is 2.14. The lowest BCUT2D eigenvalue weighted by Crippen LogP contribution is -2.05. The lowest BCUT2D eigenvalue weighted by Gasteiger charge is -2.10. The van der Waals surface area contributed by atoms with Gasteiger partial charge < -0.3 is 10.5 Å². The topological polar surface area (TPSA) is 53.1 Å². The third-order valence-electron chi connectivity index (χ3n) is 3.12. The summed E-state index contributed by atoms with van der Waals surface area (Å²) in [6.07, 6.45) is 0.0923. The number of benzene rings is 2. The Kier molecular flexibility index (Phi) is 3.59. The first-order valence-electron chi connectivity index (χ1n) is 6.76. The second kappa shape index (κ2) is 5.41. The van der Waals surface area contributed by atoms with Crippen molar-refractivity contribution in [1.29, 1.82) is 0 Å². The van der Waals surface area contributed by atoms with Gasteiger partial charge in [-0.2, -0.15) is 0 Å². The Balaban J connectivity index is 2.20. The van der Waals surface area contributed by atoms with Crippen LogP contribution in [0.1, 0.15) is 13.8 Å². The number of anilines is 1. The number of rotatable bonds is 3. The van der Waals surface area contributed by atoms with E-state index in [1.165, 1.54) is 0 Å². The van der Waals surface area contributed by atoms with Crippen LogP contribution in [0.15, 0.2) is 46.9 Å². The number of nitrogen functional groups attached to an aromatic ring is 1. The maximum Gasteiger partial charge on any atom is 0.206 e. The van der Waals surface area contributed by atoms with Gasteiger partial charge in [0.15, 0.2) is 0 Å². The second-order valence-electron chi connectivity index (χ2n) is 5.07. The second-order valence-corrected chi connectivity index (χ2v) is 5.99. The lowest BCUT2D eigenvalue weighted by molar-refractivity contribution is 0.245. The molecule has 0 aliphatic carbocycles. The standard InChI is InChI=1S/C16H16BrN3O/c1-10(2)21-14-5-3-4-13-15(14)19-16(18)20(13)12-8-6-11(17)7-9-12/h3-10H,1-2H3,(H2,18,19). The van der Waals surface area contributed by atoms with Gasteiger partial charge in [-0.1, -0.05) is 22.0 Å². The smallest absolute Gasteiger partial charge is 0.206 e. The van der Waals surface area contributed by atoms with Crippen LogP contribution in [0.25, 0.3) is 16.7 Å². The number of imidazole rings is 1. The average molecular weight is 346 g/mol. The fourth-order valence-corrected chi connectivity index (χ4v) is 2.57. The summed E-state index contributed by atoms with van der Waals surface area (Å²) in [6, 6.07) is 13.8. The number of halogens is 1. The maximum atomic E-state index is 6.11. The molecule has 0 amide bonds. The minimum absolute atomic E-state index is 0.0923. The number of para-hydroxylation sites is 1. The molecular weight excluding hydrogens is 330 g/mol. The molecule has 0 aliphatic rings. The van der Waals surface area contributed by atoms with Crippen LogP contribution in [0, 0.1) is 0 Å². The molecule has 2 aromatic carbocycles. The number of ether oxygens (including phenoxy) is 1. The van der Waals surface area contributed by atoms with Gasteiger partial charge in [0.05, 0.1) is 11.6 Å². The highest BCUT2D eigenvalue weighted by Crippen LogP contribution is 2.30. The molecule has 1 heterocycles. The summed E-state index contributed by atoms with van der Waals surface area (Å²) in [6.45, 7) is 3.99. The SMILES string of the molecule is CC(C)Oc1cccc2c1nc(N)n2-c1ccc(Br)cc1. The molecule has 5 heteroatoms. The van der Waals surface area contributed by atoms with Crippen LogP contribution in [-0.4, -0.2) is 15.7 Å². The molecule has 4 nitrogen and oxygen atoms in total. The molecule has 21 heavy (non-hydrogen) atoms. The van der Waals surface area contributed by atoms with E-state index in [1.807, 2.05) is 60.9 Å². The first-order valence-corrected chi connectivity index (χ1v) is 7.55. The quantitative estimate of drug-likeness (QED) is 0.775. The zero-order valence-corrected chi connectivity index (χ0v) is 13.5. The van der Waals surface area contributed by atoms with Crippen LogP contribution in [0.4, 0.5) is 5.95 Å².